The predicted molar refractivity (Wildman–Crippen MR) is 55.6 cm³/mol. The number of aryl methyl sites for hydroxylation is 1. The molecular formula is C9H16N2OS. The zero-order chi connectivity index (χ0) is 9.90. The van der Waals surface area contributed by atoms with Crippen LogP contribution in [0.1, 0.15) is 32.0 Å². The fraction of sp³-hybridized carbons (Fsp3) is 0.667. The first-order valence-electron chi connectivity index (χ1n) is 4.50. The summed E-state index contributed by atoms with van der Waals surface area (Å²) in [5.74, 6) is 0.615. The highest BCUT2D eigenvalue weighted by atomic mass is 32.1. The van der Waals surface area contributed by atoms with Crippen molar-refractivity contribution in [3.8, 4) is 0 Å². The Balaban J connectivity index is 2.74. The number of thiol groups is 1. The minimum Gasteiger partial charge on any atom is -0.372 e. The van der Waals surface area contributed by atoms with Crippen molar-refractivity contribution < 1.29 is 5.11 Å². The van der Waals surface area contributed by atoms with Crippen LogP contribution in [-0.4, -0.2) is 14.7 Å². The molecular weight excluding hydrogens is 184 g/mol. The maximum absolute atomic E-state index is 9.97. The molecule has 1 aromatic rings. The Morgan fingerprint density at radius 1 is 1.69 bits per heavy atom. The Morgan fingerprint density at radius 3 is 2.85 bits per heavy atom. The molecule has 0 saturated carbocycles. The number of imidazole rings is 1. The second kappa shape index (κ2) is 4.15. The molecule has 13 heavy (non-hydrogen) atoms. The van der Waals surface area contributed by atoms with Crippen LogP contribution in [0.5, 0.6) is 0 Å². The molecule has 4 heteroatoms. The minimum atomic E-state index is -1.09. The minimum absolute atomic E-state index is 0.615. The molecule has 1 heterocycles. The SMILES string of the molecule is CCCCC(O)(S)c1nccn1C. The zero-order valence-corrected chi connectivity index (χ0v) is 8.96. The standard InChI is InChI=1S/C9H16N2OS/c1-3-4-5-9(12,13)8-10-6-7-11(8)2/h6-7,12-13H,3-5H2,1-2H3. The third kappa shape index (κ3) is 2.48. The lowest BCUT2D eigenvalue weighted by Gasteiger charge is -2.21. The van der Waals surface area contributed by atoms with Gasteiger partial charge < -0.3 is 9.67 Å². The fourth-order valence-corrected chi connectivity index (χ4v) is 1.66. The van der Waals surface area contributed by atoms with Gasteiger partial charge in [-0.25, -0.2) is 4.98 Å². The van der Waals surface area contributed by atoms with Crippen LogP contribution >= 0.6 is 12.6 Å². The molecule has 3 nitrogen and oxygen atoms in total. The van der Waals surface area contributed by atoms with Gasteiger partial charge in [-0.3, -0.25) is 0 Å². The normalized spacial score (nSPS) is 15.7. The van der Waals surface area contributed by atoms with Gasteiger partial charge in [0.15, 0.2) is 10.8 Å². The van der Waals surface area contributed by atoms with Crippen LogP contribution in [0.4, 0.5) is 0 Å². The molecule has 74 valence electrons. The van der Waals surface area contributed by atoms with Crippen molar-refractivity contribution in [3.05, 3.63) is 18.2 Å². The van der Waals surface area contributed by atoms with Crippen molar-refractivity contribution >= 4 is 12.6 Å². The van der Waals surface area contributed by atoms with E-state index in [2.05, 4.69) is 24.5 Å². The summed E-state index contributed by atoms with van der Waals surface area (Å²) in [5.41, 5.74) is 0. The van der Waals surface area contributed by atoms with Gasteiger partial charge in [-0.2, -0.15) is 0 Å². The van der Waals surface area contributed by atoms with Gasteiger partial charge >= 0.3 is 0 Å². The average molecular weight is 200 g/mol. The summed E-state index contributed by atoms with van der Waals surface area (Å²) in [7, 11) is 1.86. The zero-order valence-electron chi connectivity index (χ0n) is 8.06. The van der Waals surface area contributed by atoms with E-state index in [0.717, 1.165) is 12.8 Å². The molecule has 0 aliphatic rings. The monoisotopic (exact) mass is 200 g/mol. The molecule has 0 saturated heterocycles. The molecule has 1 atom stereocenters. The second-order valence-electron chi connectivity index (χ2n) is 3.28. The van der Waals surface area contributed by atoms with Crippen molar-refractivity contribution in [2.45, 2.75) is 31.1 Å². The topological polar surface area (TPSA) is 38.1 Å². The van der Waals surface area contributed by atoms with Gasteiger partial charge in [-0.15, -0.1) is 12.6 Å². The number of hydrogen-bond acceptors (Lipinski definition) is 3. The van der Waals surface area contributed by atoms with Crippen molar-refractivity contribution in [1.82, 2.24) is 9.55 Å². The summed E-state index contributed by atoms with van der Waals surface area (Å²) in [6.45, 7) is 2.09. The van der Waals surface area contributed by atoms with E-state index in [0.29, 0.717) is 12.2 Å². The third-order valence-corrected chi connectivity index (χ3v) is 2.48. The Kier molecular flexibility index (Phi) is 3.39. The van der Waals surface area contributed by atoms with E-state index in [9.17, 15) is 5.11 Å². The van der Waals surface area contributed by atoms with Crippen LogP contribution < -0.4 is 0 Å². The van der Waals surface area contributed by atoms with Crippen molar-refractivity contribution in [3.63, 3.8) is 0 Å². The molecule has 0 radical (unpaired) electrons. The van der Waals surface area contributed by atoms with Crippen molar-refractivity contribution in [2.75, 3.05) is 0 Å². The van der Waals surface area contributed by atoms with Crippen LogP contribution in [0.25, 0.3) is 0 Å². The molecule has 0 bridgehead atoms. The lowest BCUT2D eigenvalue weighted by Crippen LogP contribution is -2.22. The van der Waals surface area contributed by atoms with E-state index >= 15 is 0 Å². The van der Waals surface area contributed by atoms with Gasteiger partial charge in [0.05, 0.1) is 0 Å². The van der Waals surface area contributed by atoms with Gasteiger partial charge in [0, 0.05) is 19.4 Å². The predicted octanol–water partition coefficient (Wildman–Crippen LogP) is 1.69. The van der Waals surface area contributed by atoms with Crippen LogP contribution in [-0.2, 0) is 12.0 Å². The quantitative estimate of drug-likeness (QED) is 0.573. The fourth-order valence-electron chi connectivity index (χ4n) is 1.29. The Labute approximate surface area is 84.2 Å². The van der Waals surface area contributed by atoms with Crippen LogP contribution in [0.3, 0.4) is 0 Å². The summed E-state index contributed by atoms with van der Waals surface area (Å²) < 4.78 is 1.79. The van der Waals surface area contributed by atoms with Crippen LogP contribution in [0.2, 0.25) is 0 Å². The van der Waals surface area contributed by atoms with Gasteiger partial charge in [-0.05, 0) is 12.8 Å². The highest BCUT2D eigenvalue weighted by molar-refractivity contribution is 7.81. The lowest BCUT2D eigenvalue weighted by molar-refractivity contribution is 0.114. The molecule has 1 rings (SSSR count). The van der Waals surface area contributed by atoms with Crippen molar-refractivity contribution in [1.29, 1.82) is 0 Å². The van der Waals surface area contributed by atoms with E-state index in [1.807, 2.05) is 13.2 Å². The summed E-state index contributed by atoms with van der Waals surface area (Å²) in [6.07, 6.45) is 6.11. The summed E-state index contributed by atoms with van der Waals surface area (Å²) >= 11 is 4.22. The first-order chi connectivity index (χ1) is 6.08. The third-order valence-electron chi connectivity index (χ3n) is 2.06. The maximum atomic E-state index is 9.97. The van der Waals surface area contributed by atoms with Crippen LogP contribution in [0.15, 0.2) is 12.4 Å². The second-order valence-corrected chi connectivity index (χ2v) is 4.02. The van der Waals surface area contributed by atoms with Gasteiger partial charge in [0.25, 0.3) is 0 Å². The highest BCUT2D eigenvalue weighted by Gasteiger charge is 2.27. The largest absolute Gasteiger partial charge is 0.372 e. The Bertz CT molecular complexity index is 270. The number of hydrogen-bond donors (Lipinski definition) is 2. The molecule has 0 spiro atoms. The van der Waals surface area contributed by atoms with Crippen LogP contribution in [0, 0.1) is 0 Å². The number of unbranched alkanes of at least 4 members (excludes halogenated alkanes) is 1. The summed E-state index contributed by atoms with van der Waals surface area (Å²) in [4.78, 5) is 2.99. The van der Waals surface area contributed by atoms with E-state index in [1.165, 1.54) is 0 Å². The molecule has 1 N–H and O–H groups in total. The van der Waals surface area contributed by atoms with Gasteiger partial charge in [0.2, 0.25) is 0 Å². The van der Waals surface area contributed by atoms with E-state index in [4.69, 9.17) is 0 Å². The number of nitrogens with zero attached hydrogens (tertiary/aromatic N) is 2. The van der Waals surface area contributed by atoms with Gasteiger partial charge in [-0.1, -0.05) is 13.3 Å². The first-order valence-corrected chi connectivity index (χ1v) is 4.95. The first kappa shape index (κ1) is 10.6. The maximum Gasteiger partial charge on any atom is 0.165 e. The number of aromatic nitrogens is 2. The molecule has 1 unspecified atom stereocenters. The molecule has 0 amide bonds. The highest BCUT2D eigenvalue weighted by Crippen LogP contribution is 2.29. The lowest BCUT2D eigenvalue weighted by atomic mass is 10.1. The smallest absolute Gasteiger partial charge is 0.165 e. The number of rotatable bonds is 4. The summed E-state index contributed by atoms with van der Waals surface area (Å²) in [6, 6.07) is 0. The Hall–Kier alpha value is -0.480. The average Bonchev–Trinajstić information content (AvgIpc) is 2.48. The molecule has 0 fully saturated rings. The molecule has 0 aliphatic heterocycles. The van der Waals surface area contributed by atoms with E-state index in [-0.39, 0.29) is 0 Å². The van der Waals surface area contributed by atoms with E-state index < -0.39 is 4.93 Å². The van der Waals surface area contributed by atoms with Gasteiger partial charge in [0.1, 0.15) is 0 Å². The number of aliphatic hydroxyl groups is 1. The van der Waals surface area contributed by atoms with E-state index in [1.54, 1.807) is 10.8 Å². The van der Waals surface area contributed by atoms with Crippen molar-refractivity contribution in [2.24, 2.45) is 7.05 Å². The Morgan fingerprint density at radius 2 is 2.38 bits per heavy atom. The molecule has 0 aliphatic carbocycles. The molecule has 0 aromatic carbocycles. The molecule has 1 aromatic heterocycles. The summed E-state index contributed by atoms with van der Waals surface area (Å²) in [5, 5.41) is 9.97.